The number of piperidine rings is 1. The second kappa shape index (κ2) is 9.39. The van der Waals surface area contributed by atoms with Crippen molar-refractivity contribution in [2.24, 2.45) is 5.92 Å². The summed E-state index contributed by atoms with van der Waals surface area (Å²) in [5.41, 5.74) is 4.95. The minimum Gasteiger partial charge on any atom is -0.388 e. The summed E-state index contributed by atoms with van der Waals surface area (Å²) in [6.45, 7) is 5.36. The van der Waals surface area contributed by atoms with Gasteiger partial charge in [-0.15, -0.1) is 12.4 Å². The molecular weight excluding hydrogens is 373 g/mol. The van der Waals surface area contributed by atoms with Crippen LogP contribution in [-0.2, 0) is 6.42 Å². The third kappa shape index (κ3) is 4.76. The van der Waals surface area contributed by atoms with E-state index < -0.39 is 0 Å². The molecule has 4 rings (SSSR count). The van der Waals surface area contributed by atoms with E-state index in [2.05, 4.69) is 36.1 Å². The lowest BCUT2D eigenvalue weighted by atomic mass is 9.88. The van der Waals surface area contributed by atoms with Gasteiger partial charge in [-0.1, -0.05) is 30.3 Å². The Morgan fingerprint density at radius 1 is 1.07 bits per heavy atom. The molecule has 1 aliphatic carbocycles. The van der Waals surface area contributed by atoms with E-state index in [1.54, 1.807) is 6.07 Å². The molecule has 0 unspecified atom stereocenters. The molecule has 0 bridgehead atoms. The van der Waals surface area contributed by atoms with Gasteiger partial charge in [0.2, 0.25) is 0 Å². The number of likely N-dealkylation sites (tertiary alicyclic amines) is 1. The van der Waals surface area contributed by atoms with Gasteiger partial charge in [-0.05, 0) is 98.3 Å². The van der Waals surface area contributed by atoms with E-state index in [-0.39, 0.29) is 24.3 Å². The number of fused-ring (bicyclic) bond motifs is 1. The van der Waals surface area contributed by atoms with Gasteiger partial charge >= 0.3 is 0 Å². The zero-order valence-corrected chi connectivity index (χ0v) is 17.4. The van der Waals surface area contributed by atoms with E-state index in [9.17, 15) is 9.50 Å². The topological polar surface area (TPSA) is 23.5 Å². The minimum absolute atomic E-state index is 0. The van der Waals surface area contributed by atoms with Crippen LogP contribution in [0.25, 0.3) is 0 Å². The van der Waals surface area contributed by atoms with Crippen LogP contribution in [0.5, 0.6) is 0 Å². The molecule has 0 aromatic heterocycles. The maximum atomic E-state index is 13.5. The first-order valence-corrected chi connectivity index (χ1v) is 10.3. The largest absolute Gasteiger partial charge is 0.388 e. The van der Waals surface area contributed by atoms with Crippen LogP contribution in [0.3, 0.4) is 0 Å². The molecule has 1 N–H and O–H groups in total. The molecule has 2 nitrogen and oxygen atoms in total. The highest BCUT2D eigenvalue weighted by Gasteiger charge is 2.27. The Labute approximate surface area is 174 Å². The van der Waals surface area contributed by atoms with E-state index in [0.717, 1.165) is 62.9 Å². The van der Waals surface area contributed by atoms with Crippen LogP contribution in [0, 0.1) is 18.7 Å². The van der Waals surface area contributed by atoms with Crippen LogP contribution in [-0.4, -0.2) is 29.6 Å². The van der Waals surface area contributed by atoms with Gasteiger partial charge in [-0.2, -0.15) is 0 Å². The van der Waals surface area contributed by atoms with Crippen LogP contribution in [0.4, 0.5) is 4.39 Å². The van der Waals surface area contributed by atoms with Crippen molar-refractivity contribution in [1.82, 2.24) is 4.90 Å². The Morgan fingerprint density at radius 2 is 1.82 bits per heavy atom. The molecule has 0 radical (unpaired) electrons. The number of aliphatic hydroxyl groups excluding tert-OH is 1. The van der Waals surface area contributed by atoms with Gasteiger partial charge in [0, 0.05) is 6.54 Å². The van der Waals surface area contributed by atoms with E-state index in [1.807, 2.05) is 6.07 Å². The van der Waals surface area contributed by atoms with Crippen molar-refractivity contribution in [2.45, 2.75) is 51.0 Å². The monoisotopic (exact) mass is 403 g/mol. The summed E-state index contributed by atoms with van der Waals surface area (Å²) in [6.07, 6.45) is 4.94. The third-order valence-electron chi connectivity index (χ3n) is 6.59. The molecule has 2 aliphatic rings. The highest BCUT2D eigenvalue weighted by atomic mass is 35.5. The zero-order valence-electron chi connectivity index (χ0n) is 16.6. The van der Waals surface area contributed by atoms with Crippen LogP contribution >= 0.6 is 12.4 Å². The van der Waals surface area contributed by atoms with Gasteiger partial charge in [0.15, 0.2) is 0 Å². The normalized spacial score (nSPS) is 23.5. The average Bonchev–Trinajstić information content (AvgIpc) is 2.82. The number of hydrogen-bond donors (Lipinski definition) is 1. The quantitative estimate of drug-likeness (QED) is 0.691. The van der Waals surface area contributed by atoms with Gasteiger partial charge in [0.25, 0.3) is 0 Å². The van der Waals surface area contributed by atoms with Gasteiger partial charge in [-0.3, -0.25) is 0 Å². The molecule has 0 saturated carbocycles. The van der Waals surface area contributed by atoms with Crippen LogP contribution in [0.2, 0.25) is 0 Å². The standard InChI is InChI=1S/C24H30FNO.ClH/c1-17-4-2-7-23-22(17)9-8-18(14-24(23)27)16-26-12-10-19(11-13-26)20-5-3-6-21(25)15-20;/h2-7,15,18-19,24,27H,8-14,16H2,1H3;1H/t18-,24-;/m0./s1. The Hall–Kier alpha value is -1.42. The number of aryl methyl sites for hydroxylation is 1. The van der Waals surface area contributed by atoms with Crippen molar-refractivity contribution in [3.8, 4) is 0 Å². The summed E-state index contributed by atoms with van der Waals surface area (Å²) in [4.78, 5) is 2.55. The lowest BCUT2D eigenvalue weighted by Crippen LogP contribution is -2.36. The molecule has 2 aromatic carbocycles. The second-order valence-electron chi connectivity index (χ2n) is 8.43. The molecule has 0 amide bonds. The molecule has 152 valence electrons. The van der Waals surface area contributed by atoms with Crippen molar-refractivity contribution in [1.29, 1.82) is 0 Å². The maximum absolute atomic E-state index is 13.5. The summed E-state index contributed by atoms with van der Waals surface area (Å²) >= 11 is 0. The van der Waals surface area contributed by atoms with E-state index in [0.29, 0.717) is 11.8 Å². The number of benzene rings is 2. The fourth-order valence-electron chi connectivity index (χ4n) is 5.03. The highest BCUT2D eigenvalue weighted by Crippen LogP contribution is 2.35. The molecule has 1 saturated heterocycles. The molecule has 1 heterocycles. The number of aliphatic hydroxyl groups is 1. The van der Waals surface area contributed by atoms with Crippen molar-refractivity contribution >= 4 is 12.4 Å². The maximum Gasteiger partial charge on any atom is 0.123 e. The summed E-state index contributed by atoms with van der Waals surface area (Å²) in [5, 5.41) is 10.7. The van der Waals surface area contributed by atoms with Gasteiger partial charge in [0.05, 0.1) is 6.10 Å². The zero-order chi connectivity index (χ0) is 18.8. The summed E-state index contributed by atoms with van der Waals surface area (Å²) in [5.74, 6) is 0.887. The summed E-state index contributed by atoms with van der Waals surface area (Å²) < 4.78 is 13.5. The second-order valence-corrected chi connectivity index (χ2v) is 8.43. The lowest BCUT2D eigenvalue weighted by Gasteiger charge is -2.34. The lowest BCUT2D eigenvalue weighted by molar-refractivity contribution is 0.117. The molecule has 2 aromatic rings. The average molecular weight is 404 g/mol. The molecule has 28 heavy (non-hydrogen) atoms. The van der Waals surface area contributed by atoms with Crippen molar-refractivity contribution in [3.05, 3.63) is 70.5 Å². The highest BCUT2D eigenvalue weighted by molar-refractivity contribution is 5.85. The van der Waals surface area contributed by atoms with Crippen molar-refractivity contribution < 1.29 is 9.50 Å². The number of halogens is 2. The smallest absolute Gasteiger partial charge is 0.123 e. The van der Waals surface area contributed by atoms with Crippen LogP contribution in [0.15, 0.2) is 42.5 Å². The van der Waals surface area contributed by atoms with E-state index in [1.165, 1.54) is 17.2 Å². The fraction of sp³-hybridized carbons (Fsp3) is 0.500. The number of nitrogens with zero attached hydrogens (tertiary/aromatic N) is 1. The summed E-state index contributed by atoms with van der Waals surface area (Å²) in [6, 6.07) is 13.4. The minimum atomic E-state index is -0.336. The first-order chi connectivity index (χ1) is 13.1. The van der Waals surface area contributed by atoms with Crippen LogP contribution < -0.4 is 0 Å². The fourth-order valence-corrected chi connectivity index (χ4v) is 5.03. The van der Waals surface area contributed by atoms with E-state index in [4.69, 9.17) is 0 Å². The Morgan fingerprint density at radius 3 is 2.57 bits per heavy atom. The van der Waals surface area contributed by atoms with Gasteiger partial charge in [0.1, 0.15) is 5.82 Å². The molecule has 2 atom stereocenters. The first kappa shape index (κ1) is 21.3. The van der Waals surface area contributed by atoms with Crippen molar-refractivity contribution in [3.63, 3.8) is 0 Å². The predicted octanol–water partition coefficient (Wildman–Crippen LogP) is 5.42. The molecular formula is C24H31ClFNO. The van der Waals surface area contributed by atoms with Gasteiger partial charge in [-0.25, -0.2) is 4.39 Å². The van der Waals surface area contributed by atoms with Gasteiger partial charge < -0.3 is 10.0 Å². The molecule has 4 heteroatoms. The van der Waals surface area contributed by atoms with E-state index >= 15 is 0 Å². The predicted molar refractivity (Wildman–Crippen MR) is 115 cm³/mol. The van der Waals surface area contributed by atoms with Crippen molar-refractivity contribution in [2.75, 3.05) is 19.6 Å². The Kier molecular flexibility index (Phi) is 7.14. The molecule has 0 spiro atoms. The molecule has 1 fully saturated rings. The Balaban J connectivity index is 0.00000225. The molecule has 1 aliphatic heterocycles. The SMILES string of the molecule is Cc1cccc2c1CC[C@H](CN1CCC(c3cccc(F)c3)CC1)C[C@@H]2O.Cl. The third-order valence-corrected chi connectivity index (χ3v) is 6.59. The number of hydrogen-bond acceptors (Lipinski definition) is 2. The first-order valence-electron chi connectivity index (χ1n) is 10.3. The number of rotatable bonds is 3. The van der Waals surface area contributed by atoms with Crippen LogP contribution in [0.1, 0.15) is 60.0 Å². The summed E-state index contributed by atoms with van der Waals surface area (Å²) in [7, 11) is 0. The Bertz CT molecular complexity index is 788.